The molecule has 0 radical (unpaired) electrons. The van der Waals surface area contributed by atoms with Crippen LogP contribution in [0.25, 0.3) is 0 Å². The molecule has 0 aromatic rings. The van der Waals surface area contributed by atoms with Gasteiger partial charge in [0.15, 0.2) is 0 Å². The zero-order valence-electron chi connectivity index (χ0n) is 37.9. The molecule has 7 aliphatic rings. The van der Waals surface area contributed by atoms with E-state index < -0.39 is 11.9 Å². The number of nitrogens with zero attached hydrogens (tertiary/aromatic N) is 6. The van der Waals surface area contributed by atoms with Crippen LogP contribution in [-0.4, -0.2) is 130 Å². The predicted octanol–water partition coefficient (Wildman–Crippen LogP) is 2.04. The maximum atomic E-state index is 14.5. The summed E-state index contributed by atoms with van der Waals surface area (Å²) in [6, 6.07) is 0. The van der Waals surface area contributed by atoms with Crippen LogP contribution in [0.15, 0.2) is 100 Å². The van der Waals surface area contributed by atoms with Gasteiger partial charge < -0.3 is 36.2 Å². The fourth-order valence-electron chi connectivity index (χ4n) is 9.73. The van der Waals surface area contributed by atoms with Crippen LogP contribution in [-0.2, 0) is 34.7 Å². The number of methoxy groups -OCH3 is 1. The molecule has 3 saturated heterocycles. The van der Waals surface area contributed by atoms with E-state index >= 15 is 0 Å². The van der Waals surface area contributed by atoms with E-state index in [9.17, 15) is 19.8 Å². The molecular weight excluding hydrogens is 891 g/mol. The number of hydrogen-bond acceptors (Lipinski definition) is 14. The Balaban J connectivity index is 0.00000661. The second-order valence-corrected chi connectivity index (χ2v) is 17.4. The molecule has 342 valence electrons. The average Bonchev–Trinajstić information content (AvgIpc) is 3.95. The van der Waals surface area contributed by atoms with Gasteiger partial charge in [-0.2, -0.15) is 0 Å². The van der Waals surface area contributed by atoms with Gasteiger partial charge in [0.2, 0.25) is 5.91 Å². The van der Waals surface area contributed by atoms with Gasteiger partial charge in [-0.1, -0.05) is 27.7 Å². The van der Waals surface area contributed by atoms with Crippen LogP contribution < -0.4 is 31.5 Å². The van der Waals surface area contributed by atoms with E-state index in [1.807, 2.05) is 32.1 Å². The molecule has 15 nitrogen and oxygen atoms in total. The number of esters is 1. The Labute approximate surface area is 386 Å². The molecule has 0 aromatic carbocycles. The van der Waals surface area contributed by atoms with Gasteiger partial charge in [-0.3, -0.25) is 29.4 Å². The molecule has 4 atom stereocenters. The topological polar surface area (TPSA) is 194 Å². The van der Waals surface area contributed by atoms with E-state index in [4.69, 9.17) is 19.7 Å². The van der Waals surface area contributed by atoms with E-state index in [1.54, 1.807) is 6.92 Å². The first-order valence-corrected chi connectivity index (χ1v) is 22.5. The van der Waals surface area contributed by atoms with Crippen molar-refractivity contribution >= 4 is 34.9 Å². The number of aliphatic imine (C=N–C) groups is 4. The largest absolute Gasteiger partial charge is 2.00 e. The van der Waals surface area contributed by atoms with Crippen molar-refractivity contribution in [1.29, 1.82) is 0 Å². The Hall–Kier alpha value is -4.30. The summed E-state index contributed by atoms with van der Waals surface area (Å²) in [5.74, 6) is -1.39. The van der Waals surface area contributed by atoms with Gasteiger partial charge in [0.1, 0.15) is 0 Å². The Kier molecular flexibility index (Phi) is 16.5. The van der Waals surface area contributed by atoms with Crippen molar-refractivity contribution in [3.8, 4) is 0 Å². The molecule has 16 heteroatoms. The molecule has 8 bridgehead atoms. The maximum Gasteiger partial charge on any atom is 2.00 e. The Morgan fingerprint density at radius 1 is 0.889 bits per heavy atom. The molecule has 63 heavy (non-hydrogen) atoms. The van der Waals surface area contributed by atoms with Crippen molar-refractivity contribution in [3.63, 3.8) is 0 Å². The summed E-state index contributed by atoms with van der Waals surface area (Å²) in [7, 11) is 1.35. The van der Waals surface area contributed by atoms with E-state index in [2.05, 4.69) is 56.8 Å². The fourth-order valence-corrected chi connectivity index (χ4v) is 9.73. The normalized spacial score (nSPS) is 26.4. The van der Waals surface area contributed by atoms with Crippen molar-refractivity contribution in [3.05, 3.63) is 80.3 Å². The minimum Gasteiger partial charge on any atom is -0.875 e. The first kappa shape index (κ1) is 48.2. The van der Waals surface area contributed by atoms with Gasteiger partial charge in [-0.05, 0) is 67.5 Å². The van der Waals surface area contributed by atoms with Gasteiger partial charge in [0.25, 0.3) is 0 Å². The van der Waals surface area contributed by atoms with Gasteiger partial charge in [-0.15, -0.1) is 5.76 Å². The number of ether oxygens (including phenoxy) is 1. The van der Waals surface area contributed by atoms with Crippen molar-refractivity contribution < 1.29 is 45.0 Å². The summed E-state index contributed by atoms with van der Waals surface area (Å²) >= 11 is 0. The Morgan fingerprint density at radius 3 is 2.21 bits per heavy atom. The number of carbonyl (C=O) groups is 2. The first-order valence-electron chi connectivity index (χ1n) is 22.5. The van der Waals surface area contributed by atoms with Gasteiger partial charge in [0.05, 0.1) is 48.6 Å². The molecule has 7 heterocycles. The van der Waals surface area contributed by atoms with E-state index in [-0.39, 0.29) is 68.6 Å². The predicted molar refractivity (Wildman–Crippen MR) is 240 cm³/mol. The molecule has 0 saturated carbocycles. The summed E-state index contributed by atoms with van der Waals surface area (Å²) in [6.45, 7) is 21.4. The van der Waals surface area contributed by atoms with Crippen LogP contribution in [0, 0.1) is 23.7 Å². The molecule has 7 rings (SSSR count). The number of hydrogen-bond donors (Lipinski definition) is 4. The molecule has 1 amide bonds. The van der Waals surface area contributed by atoms with Crippen LogP contribution in [0.5, 0.6) is 0 Å². The summed E-state index contributed by atoms with van der Waals surface area (Å²) in [5.41, 5.74) is 8.18. The summed E-state index contributed by atoms with van der Waals surface area (Å²) in [4.78, 5) is 51.8. The third-order valence-corrected chi connectivity index (χ3v) is 13.5. The van der Waals surface area contributed by atoms with Crippen LogP contribution in [0.2, 0.25) is 0 Å². The Bertz CT molecular complexity index is 2160. The second kappa shape index (κ2) is 21.6. The number of piperazine rings is 2. The fraction of sp³-hybridized carbons (Fsp3) is 0.574. The summed E-state index contributed by atoms with van der Waals surface area (Å²) in [5, 5.41) is 41.3. The van der Waals surface area contributed by atoms with Gasteiger partial charge in [0, 0.05) is 130 Å². The third kappa shape index (κ3) is 10.8. The SMILES string of the molecule is CC[C@H]1C2=CC3=NC(=C(CC(=O)OC)C4=NC(=CC5=C(C)/C(=C(/C)[O-])C(=N5)C=C(N2)[C@@H]1C)[C@@H](C)[C@@H]4CCC(=O)NCCN1CCNCC1)C(C([O-])=NCCN1CCNCC1)=C3C.[Pd+2]. The molecule has 4 N–H and O–H groups in total. The molecular formula is C47H64N10O5Pd. The zero-order valence-corrected chi connectivity index (χ0v) is 39.5. The van der Waals surface area contributed by atoms with Crippen LogP contribution in [0.4, 0.5) is 0 Å². The minimum absolute atomic E-state index is 0. The number of carbonyl (C=O) groups excluding carboxylic acids is 2. The first-order chi connectivity index (χ1) is 29.9. The van der Waals surface area contributed by atoms with E-state index in [0.717, 1.165) is 82.3 Å². The van der Waals surface area contributed by atoms with Crippen LogP contribution in [0.3, 0.4) is 0 Å². The van der Waals surface area contributed by atoms with Gasteiger partial charge >= 0.3 is 26.4 Å². The van der Waals surface area contributed by atoms with E-state index in [1.165, 1.54) is 7.11 Å². The smallest absolute Gasteiger partial charge is 0.875 e. The van der Waals surface area contributed by atoms with Crippen molar-refractivity contribution in [2.45, 2.75) is 67.2 Å². The maximum absolute atomic E-state index is 14.5. The minimum atomic E-state index is -0.502. The van der Waals surface area contributed by atoms with Crippen LogP contribution >= 0.6 is 0 Å². The molecule has 0 unspecified atom stereocenters. The molecule has 7 aliphatic heterocycles. The molecule has 0 aromatic heterocycles. The van der Waals surface area contributed by atoms with Crippen LogP contribution in [0.1, 0.15) is 67.2 Å². The number of rotatable bonds is 13. The molecule has 3 fully saturated rings. The number of amides is 1. The van der Waals surface area contributed by atoms with E-state index in [0.29, 0.717) is 82.6 Å². The zero-order chi connectivity index (χ0) is 44.1. The van der Waals surface area contributed by atoms with Crippen molar-refractivity contribution in [2.24, 2.45) is 43.6 Å². The number of fused-ring (bicyclic) bond motifs is 5. The number of nitrogens with one attached hydrogen (secondary N) is 4. The number of allylic oxidation sites excluding steroid dienone is 10. The molecule has 0 spiro atoms. The van der Waals surface area contributed by atoms with Crippen molar-refractivity contribution in [2.75, 3.05) is 85.6 Å². The monoisotopic (exact) mass is 954 g/mol. The third-order valence-electron chi connectivity index (χ3n) is 13.5. The summed E-state index contributed by atoms with van der Waals surface area (Å²) < 4.78 is 5.30. The standard InChI is InChI=1S/C47H66N10O5.Pd/c1-8-32-27(2)35-26-40-43(31(6)58)29(4)37(53-40)24-36-28(3)33(9-10-41(59)50-15-21-56-17-11-48-12-18-56)45(54-36)34(23-42(60)62-7)46-44(30(5)38(55-46)25-39(32)52-35)47(61)51-16-22-57-19-13-49-14-20-57;/h24-28,32-33,48-49,52,58H,8-23H2,1-7H3,(H,50,59)(H,51,61);/q;+2/p-2/b35-26?,36-24?,39-25?,43-31+,46-34?;/t27-,28+,32-,33+;/m1./s1. The van der Waals surface area contributed by atoms with Gasteiger partial charge in [-0.25, -0.2) is 9.98 Å². The quantitative estimate of drug-likeness (QED) is 0.0699. The average molecular weight is 956 g/mol. The van der Waals surface area contributed by atoms with Crippen molar-refractivity contribution in [1.82, 2.24) is 31.1 Å². The summed E-state index contributed by atoms with van der Waals surface area (Å²) in [6.07, 6.45) is 7.24. The molecule has 0 aliphatic carbocycles. The Morgan fingerprint density at radius 2 is 1.56 bits per heavy atom. The second-order valence-electron chi connectivity index (χ2n) is 17.4.